The number of hydrogen-bond acceptors (Lipinski definition) is 3. The minimum atomic E-state index is -1.31. The average Bonchev–Trinajstić information content (AvgIpc) is 2.50. The second-order valence-corrected chi connectivity index (χ2v) is 7.34. The van der Waals surface area contributed by atoms with E-state index in [1.165, 1.54) is 70.6 Å². The van der Waals surface area contributed by atoms with Crippen LogP contribution in [0.5, 0.6) is 0 Å². The summed E-state index contributed by atoms with van der Waals surface area (Å²) in [6, 6.07) is 0. The van der Waals surface area contributed by atoms with E-state index in [0.29, 0.717) is 19.4 Å². The quantitative estimate of drug-likeness (QED) is 0.384. The lowest BCUT2D eigenvalue weighted by atomic mass is 9.85. The van der Waals surface area contributed by atoms with Gasteiger partial charge in [0.15, 0.2) is 5.60 Å². The zero-order valence-electron chi connectivity index (χ0n) is 15.6. The first-order valence-corrected chi connectivity index (χ1v) is 10.2. The Morgan fingerprint density at radius 1 is 0.917 bits per heavy atom. The third kappa shape index (κ3) is 7.52. The van der Waals surface area contributed by atoms with Crippen LogP contribution in [0.3, 0.4) is 0 Å². The summed E-state index contributed by atoms with van der Waals surface area (Å²) in [5.41, 5.74) is -1.31. The van der Waals surface area contributed by atoms with Gasteiger partial charge in [-0.2, -0.15) is 0 Å². The third-order valence-corrected chi connectivity index (χ3v) is 5.31. The van der Waals surface area contributed by atoms with Gasteiger partial charge in [0.25, 0.3) is 0 Å². The van der Waals surface area contributed by atoms with Crippen LogP contribution in [0.4, 0.5) is 0 Å². The van der Waals surface area contributed by atoms with Crippen molar-refractivity contribution in [1.82, 2.24) is 0 Å². The summed E-state index contributed by atoms with van der Waals surface area (Å²) in [6.45, 7) is 2.70. The van der Waals surface area contributed by atoms with Crippen molar-refractivity contribution < 1.29 is 19.7 Å². The van der Waals surface area contributed by atoms with Gasteiger partial charge in [-0.3, -0.25) is 0 Å². The summed E-state index contributed by atoms with van der Waals surface area (Å²) >= 11 is 0. The smallest absolute Gasteiger partial charge is 0.338 e. The standard InChI is InChI=1S/C20H38O4/c1-2-3-4-5-6-7-8-9-10-11-12-13-14-15-18(21)20(19(22)23)16-17-24-20/h18,21H,2-17H2,1H3,(H,22,23). The fourth-order valence-electron chi connectivity index (χ4n) is 3.48. The lowest BCUT2D eigenvalue weighted by molar-refractivity contribution is -0.223. The number of unbranched alkanes of at least 4 members (excludes halogenated alkanes) is 12. The molecule has 4 nitrogen and oxygen atoms in total. The molecule has 2 unspecified atom stereocenters. The van der Waals surface area contributed by atoms with E-state index in [1.54, 1.807) is 0 Å². The van der Waals surface area contributed by atoms with Crippen molar-refractivity contribution in [2.45, 2.75) is 115 Å². The topological polar surface area (TPSA) is 66.8 Å². The number of aliphatic hydroxyl groups excluding tert-OH is 1. The van der Waals surface area contributed by atoms with Crippen molar-refractivity contribution >= 4 is 5.97 Å². The van der Waals surface area contributed by atoms with Crippen LogP contribution < -0.4 is 0 Å². The molecule has 1 fully saturated rings. The SMILES string of the molecule is CCCCCCCCCCCCCCCC(O)C1(C(=O)O)CCO1. The molecule has 0 amide bonds. The van der Waals surface area contributed by atoms with Crippen LogP contribution in [0.1, 0.15) is 103 Å². The van der Waals surface area contributed by atoms with Gasteiger partial charge < -0.3 is 14.9 Å². The first-order chi connectivity index (χ1) is 11.6. The second kappa shape index (κ2) is 12.7. The Morgan fingerprint density at radius 2 is 1.33 bits per heavy atom. The summed E-state index contributed by atoms with van der Waals surface area (Å²) < 4.78 is 5.16. The summed E-state index contributed by atoms with van der Waals surface area (Å²) in [6.07, 6.45) is 16.8. The maximum absolute atomic E-state index is 11.2. The summed E-state index contributed by atoms with van der Waals surface area (Å²) in [5.74, 6) is -1.02. The van der Waals surface area contributed by atoms with Crippen molar-refractivity contribution in [2.75, 3.05) is 6.61 Å². The van der Waals surface area contributed by atoms with Gasteiger partial charge in [-0.05, 0) is 6.42 Å². The molecule has 24 heavy (non-hydrogen) atoms. The molecule has 0 aliphatic carbocycles. The van der Waals surface area contributed by atoms with Gasteiger partial charge in [-0.1, -0.05) is 90.4 Å². The maximum atomic E-state index is 11.2. The molecule has 1 rings (SSSR count). The molecular formula is C20H38O4. The molecule has 2 N–H and O–H groups in total. The van der Waals surface area contributed by atoms with Crippen LogP contribution in [0.2, 0.25) is 0 Å². The molecular weight excluding hydrogens is 304 g/mol. The Hall–Kier alpha value is -0.610. The minimum absolute atomic E-state index is 0.432. The largest absolute Gasteiger partial charge is 0.479 e. The highest BCUT2D eigenvalue weighted by molar-refractivity contribution is 5.79. The molecule has 0 aromatic rings. The average molecular weight is 343 g/mol. The van der Waals surface area contributed by atoms with E-state index >= 15 is 0 Å². The van der Waals surface area contributed by atoms with E-state index in [0.717, 1.165) is 12.8 Å². The van der Waals surface area contributed by atoms with Gasteiger partial charge >= 0.3 is 5.97 Å². The van der Waals surface area contributed by atoms with Gasteiger partial charge in [0, 0.05) is 6.42 Å². The van der Waals surface area contributed by atoms with Crippen LogP contribution >= 0.6 is 0 Å². The summed E-state index contributed by atoms with van der Waals surface area (Å²) in [4.78, 5) is 11.2. The van der Waals surface area contributed by atoms with Gasteiger partial charge in [-0.15, -0.1) is 0 Å². The lowest BCUT2D eigenvalue weighted by Crippen LogP contribution is -2.59. The number of hydrogen-bond donors (Lipinski definition) is 2. The van der Waals surface area contributed by atoms with Crippen LogP contribution in [-0.2, 0) is 9.53 Å². The molecule has 2 atom stereocenters. The highest BCUT2D eigenvalue weighted by Crippen LogP contribution is 2.33. The molecule has 0 bridgehead atoms. The van der Waals surface area contributed by atoms with Gasteiger partial charge in [0.05, 0.1) is 12.7 Å². The maximum Gasteiger partial charge on any atom is 0.338 e. The molecule has 4 heteroatoms. The van der Waals surface area contributed by atoms with Crippen LogP contribution in [-0.4, -0.2) is 34.5 Å². The van der Waals surface area contributed by atoms with E-state index in [9.17, 15) is 15.0 Å². The highest BCUT2D eigenvalue weighted by Gasteiger charge is 2.51. The molecule has 1 saturated heterocycles. The Balaban J connectivity index is 1.86. The zero-order valence-corrected chi connectivity index (χ0v) is 15.6. The Morgan fingerprint density at radius 3 is 1.67 bits per heavy atom. The van der Waals surface area contributed by atoms with Crippen molar-refractivity contribution in [2.24, 2.45) is 0 Å². The number of aliphatic carboxylic acids is 1. The van der Waals surface area contributed by atoms with Crippen molar-refractivity contribution in [3.05, 3.63) is 0 Å². The number of ether oxygens (including phenoxy) is 1. The van der Waals surface area contributed by atoms with Crippen LogP contribution in [0, 0.1) is 0 Å². The van der Waals surface area contributed by atoms with Crippen LogP contribution in [0.25, 0.3) is 0 Å². The number of carboxylic acids is 1. The Kier molecular flexibility index (Phi) is 11.4. The van der Waals surface area contributed by atoms with E-state index in [4.69, 9.17) is 4.74 Å². The summed E-state index contributed by atoms with van der Waals surface area (Å²) in [5, 5.41) is 19.2. The fourth-order valence-corrected chi connectivity index (χ4v) is 3.48. The van der Waals surface area contributed by atoms with E-state index < -0.39 is 17.7 Å². The third-order valence-electron chi connectivity index (χ3n) is 5.31. The van der Waals surface area contributed by atoms with Crippen molar-refractivity contribution in [3.8, 4) is 0 Å². The number of carboxylic acid groups (broad SMARTS) is 1. The van der Waals surface area contributed by atoms with Crippen molar-refractivity contribution in [1.29, 1.82) is 0 Å². The van der Waals surface area contributed by atoms with E-state index in [-0.39, 0.29) is 0 Å². The second-order valence-electron chi connectivity index (χ2n) is 7.34. The molecule has 1 aliphatic rings. The fraction of sp³-hybridized carbons (Fsp3) is 0.950. The van der Waals surface area contributed by atoms with Gasteiger partial charge in [-0.25, -0.2) is 4.79 Å². The van der Waals surface area contributed by atoms with E-state index in [1.807, 2.05) is 0 Å². The van der Waals surface area contributed by atoms with E-state index in [2.05, 4.69) is 6.92 Å². The monoisotopic (exact) mass is 342 g/mol. The number of carbonyl (C=O) groups is 1. The highest BCUT2D eigenvalue weighted by atomic mass is 16.6. The first-order valence-electron chi connectivity index (χ1n) is 10.2. The molecule has 0 radical (unpaired) electrons. The van der Waals surface area contributed by atoms with Crippen molar-refractivity contribution in [3.63, 3.8) is 0 Å². The lowest BCUT2D eigenvalue weighted by Gasteiger charge is -2.41. The predicted octanol–water partition coefficient (Wildman–Crippen LogP) is 5.07. The molecule has 1 aliphatic heterocycles. The molecule has 0 saturated carbocycles. The number of aliphatic hydroxyl groups is 1. The normalized spacial score (nSPS) is 21.4. The Labute approximate surface area is 148 Å². The van der Waals surface area contributed by atoms with Crippen LogP contribution in [0.15, 0.2) is 0 Å². The molecule has 1 heterocycles. The Bertz CT molecular complexity index is 326. The molecule has 0 aromatic heterocycles. The van der Waals surface area contributed by atoms with Gasteiger partial charge in [0.2, 0.25) is 0 Å². The predicted molar refractivity (Wildman–Crippen MR) is 97.3 cm³/mol. The molecule has 0 aromatic carbocycles. The minimum Gasteiger partial charge on any atom is -0.479 e. The summed E-state index contributed by atoms with van der Waals surface area (Å²) in [7, 11) is 0. The molecule has 142 valence electrons. The van der Waals surface area contributed by atoms with Gasteiger partial charge in [0.1, 0.15) is 0 Å². The first kappa shape index (κ1) is 21.4. The number of rotatable bonds is 16. The zero-order chi connectivity index (χ0) is 17.7. The molecule has 0 spiro atoms.